The zero-order valence-corrected chi connectivity index (χ0v) is 22.0. The van der Waals surface area contributed by atoms with Gasteiger partial charge in [-0.15, -0.1) is 0 Å². The van der Waals surface area contributed by atoms with Crippen molar-refractivity contribution in [3.8, 4) is 45.3 Å². The highest BCUT2D eigenvalue weighted by molar-refractivity contribution is 5.92. The van der Waals surface area contributed by atoms with E-state index in [1.54, 1.807) is 12.1 Å². The van der Waals surface area contributed by atoms with Crippen LogP contribution in [0.2, 0.25) is 0 Å². The van der Waals surface area contributed by atoms with Crippen molar-refractivity contribution in [3.63, 3.8) is 0 Å². The number of halogens is 1. The fourth-order valence-corrected chi connectivity index (χ4v) is 3.25. The first-order chi connectivity index (χ1) is 18.9. The highest BCUT2D eigenvalue weighted by Crippen LogP contribution is 2.37. The molecule has 0 atom stereocenters. The Morgan fingerprint density at radius 2 is 1.05 bits per heavy atom. The van der Waals surface area contributed by atoms with Gasteiger partial charge in [0.1, 0.15) is 5.82 Å². The molecule has 0 bridgehead atoms. The molecule has 0 spiro atoms. The normalized spacial score (nSPS) is 10.2. The highest BCUT2D eigenvalue weighted by atomic mass is 19.1. The Labute approximate surface area is 229 Å². The van der Waals surface area contributed by atoms with Gasteiger partial charge in [-0.25, -0.2) is 18.8 Å². The van der Waals surface area contributed by atoms with Crippen LogP contribution in [0.4, 0.5) is 4.39 Å². The maximum absolute atomic E-state index is 15.4. The van der Waals surface area contributed by atoms with Crippen molar-refractivity contribution >= 4 is 24.4 Å². The van der Waals surface area contributed by atoms with Gasteiger partial charge in [0.15, 0.2) is 23.0 Å². The molecule has 0 saturated carbocycles. The maximum atomic E-state index is 15.4. The van der Waals surface area contributed by atoms with Crippen LogP contribution >= 0.6 is 0 Å². The Bertz CT molecular complexity index is 1570. The van der Waals surface area contributed by atoms with Gasteiger partial charge in [0.25, 0.3) is 6.47 Å². The Morgan fingerprint density at radius 1 is 0.625 bits per heavy atom. The van der Waals surface area contributed by atoms with Crippen LogP contribution in [0.1, 0.15) is 20.8 Å². The third kappa shape index (κ3) is 6.96. The van der Waals surface area contributed by atoms with Crippen LogP contribution in [0.25, 0.3) is 22.3 Å². The average molecular weight is 545 g/mol. The second-order valence-electron chi connectivity index (χ2n) is 8.74. The van der Waals surface area contributed by atoms with E-state index in [9.17, 15) is 19.2 Å². The number of rotatable bonds is 10. The summed E-state index contributed by atoms with van der Waals surface area (Å²) >= 11 is 0. The SMILES string of the molecule is C=C(C)C(=O)Oc1cc(-c2ccc(-c3ccc(OC(=O)C(=C)C)c(OC(=O)C(=C)C)c3)c(F)c2)ccc1OC=O. The summed E-state index contributed by atoms with van der Waals surface area (Å²) in [5.74, 6) is -3.07. The number of benzene rings is 3. The number of carbonyl (C=O) groups excluding carboxylic acids is 4. The van der Waals surface area contributed by atoms with Gasteiger partial charge < -0.3 is 18.9 Å². The molecule has 0 fully saturated rings. The predicted molar refractivity (Wildman–Crippen MR) is 145 cm³/mol. The Kier molecular flexibility index (Phi) is 9.13. The second-order valence-corrected chi connectivity index (χ2v) is 8.74. The fourth-order valence-electron chi connectivity index (χ4n) is 3.25. The van der Waals surface area contributed by atoms with E-state index >= 15 is 4.39 Å². The Hall–Kier alpha value is -5.31. The molecule has 0 aliphatic rings. The van der Waals surface area contributed by atoms with E-state index in [1.165, 1.54) is 63.2 Å². The molecular weight excluding hydrogens is 519 g/mol. The van der Waals surface area contributed by atoms with E-state index in [1.807, 2.05) is 0 Å². The number of carbonyl (C=O) groups is 4. The van der Waals surface area contributed by atoms with Gasteiger partial charge in [-0.3, -0.25) is 4.79 Å². The minimum Gasteiger partial charge on any atom is -0.425 e. The minimum atomic E-state index is -0.759. The number of ether oxygens (including phenoxy) is 4. The van der Waals surface area contributed by atoms with Crippen LogP contribution in [0.3, 0.4) is 0 Å². The quantitative estimate of drug-likeness (QED) is 0.130. The number of esters is 3. The molecule has 0 aliphatic carbocycles. The molecule has 0 aliphatic heterocycles. The van der Waals surface area contributed by atoms with Gasteiger partial charge in [0.2, 0.25) is 0 Å². The van der Waals surface area contributed by atoms with Crippen molar-refractivity contribution in [3.05, 3.63) is 96.9 Å². The summed E-state index contributed by atoms with van der Waals surface area (Å²) < 4.78 is 36.1. The van der Waals surface area contributed by atoms with E-state index in [0.717, 1.165) is 0 Å². The lowest BCUT2D eigenvalue weighted by Gasteiger charge is -2.14. The molecule has 204 valence electrons. The van der Waals surface area contributed by atoms with Gasteiger partial charge in [-0.05, 0) is 67.8 Å². The van der Waals surface area contributed by atoms with Crippen LogP contribution in [-0.4, -0.2) is 24.4 Å². The first kappa shape index (κ1) is 29.2. The summed E-state index contributed by atoms with van der Waals surface area (Å²) in [5, 5.41) is 0. The lowest BCUT2D eigenvalue weighted by atomic mass is 9.99. The largest absolute Gasteiger partial charge is 0.425 e. The summed E-state index contributed by atoms with van der Waals surface area (Å²) in [6, 6.07) is 13.0. The minimum absolute atomic E-state index is 0.00489. The molecule has 0 unspecified atom stereocenters. The average Bonchev–Trinajstić information content (AvgIpc) is 2.90. The van der Waals surface area contributed by atoms with E-state index in [0.29, 0.717) is 16.7 Å². The first-order valence-electron chi connectivity index (χ1n) is 11.7. The van der Waals surface area contributed by atoms with Gasteiger partial charge in [-0.2, -0.15) is 0 Å². The van der Waals surface area contributed by atoms with E-state index in [-0.39, 0.29) is 51.8 Å². The molecule has 8 nitrogen and oxygen atoms in total. The summed E-state index contributed by atoms with van der Waals surface area (Å²) in [5.41, 5.74) is 1.74. The van der Waals surface area contributed by atoms with Crippen LogP contribution in [0.5, 0.6) is 23.0 Å². The fraction of sp³-hybridized carbons (Fsp3) is 0.0968. The topological polar surface area (TPSA) is 105 Å². The van der Waals surface area contributed by atoms with Gasteiger partial charge in [0, 0.05) is 22.3 Å². The molecular formula is C31H25FO8. The van der Waals surface area contributed by atoms with Crippen LogP contribution in [0, 0.1) is 5.82 Å². The lowest BCUT2D eigenvalue weighted by molar-refractivity contribution is -0.132. The maximum Gasteiger partial charge on any atom is 0.338 e. The molecule has 0 N–H and O–H groups in total. The zero-order chi connectivity index (χ0) is 29.6. The van der Waals surface area contributed by atoms with Crippen molar-refractivity contribution < 1.29 is 42.5 Å². The van der Waals surface area contributed by atoms with Gasteiger partial charge >= 0.3 is 17.9 Å². The van der Waals surface area contributed by atoms with Gasteiger partial charge in [-0.1, -0.05) is 44.0 Å². The summed E-state index contributed by atoms with van der Waals surface area (Å²) in [7, 11) is 0. The molecule has 3 rings (SSSR count). The number of hydrogen-bond acceptors (Lipinski definition) is 8. The van der Waals surface area contributed by atoms with Crippen LogP contribution in [0.15, 0.2) is 91.1 Å². The van der Waals surface area contributed by atoms with Crippen LogP contribution in [-0.2, 0) is 19.2 Å². The van der Waals surface area contributed by atoms with Crippen molar-refractivity contribution in [1.29, 1.82) is 0 Å². The summed E-state index contributed by atoms with van der Waals surface area (Å²) in [6.07, 6.45) is 0. The molecule has 3 aromatic rings. The Balaban J connectivity index is 2.01. The molecule has 3 aromatic carbocycles. The van der Waals surface area contributed by atoms with Gasteiger partial charge in [0.05, 0.1) is 0 Å². The zero-order valence-electron chi connectivity index (χ0n) is 22.0. The van der Waals surface area contributed by atoms with Crippen molar-refractivity contribution in [1.82, 2.24) is 0 Å². The first-order valence-corrected chi connectivity index (χ1v) is 11.7. The lowest BCUT2D eigenvalue weighted by Crippen LogP contribution is -2.12. The third-order valence-electron chi connectivity index (χ3n) is 5.33. The third-order valence-corrected chi connectivity index (χ3v) is 5.33. The molecule has 0 saturated heterocycles. The van der Waals surface area contributed by atoms with E-state index in [2.05, 4.69) is 19.7 Å². The van der Waals surface area contributed by atoms with E-state index < -0.39 is 23.7 Å². The Morgan fingerprint density at radius 3 is 1.57 bits per heavy atom. The van der Waals surface area contributed by atoms with Crippen molar-refractivity contribution in [2.45, 2.75) is 20.8 Å². The number of hydrogen-bond donors (Lipinski definition) is 0. The molecule has 0 aromatic heterocycles. The van der Waals surface area contributed by atoms with Crippen molar-refractivity contribution in [2.24, 2.45) is 0 Å². The predicted octanol–water partition coefficient (Wildman–Crippen LogP) is 6.14. The highest BCUT2D eigenvalue weighted by Gasteiger charge is 2.18. The summed E-state index contributed by atoms with van der Waals surface area (Å²) in [4.78, 5) is 47.1. The molecule has 9 heteroatoms. The molecule has 0 radical (unpaired) electrons. The monoisotopic (exact) mass is 544 g/mol. The molecule has 0 heterocycles. The molecule has 0 amide bonds. The summed E-state index contributed by atoms with van der Waals surface area (Å²) in [6.45, 7) is 15.1. The van der Waals surface area contributed by atoms with E-state index in [4.69, 9.17) is 18.9 Å². The standard InChI is InChI=1S/C31H25FO8/c1-17(2)29(34)38-26-12-9-22(15-28(26)40-31(36)19(5)6)23-10-7-20(13-24(23)32)21-8-11-25(37-16-33)27(14-21)39-30(35)18(3)4/h7-16H,1,3,5H2,2,4,6H3. The molecule has 40 heavy (non-hydrogen) atoms. The smallest absolute Gasteiger partial charge is 0.338 e. The van der Waals surface area contributed by atoms with Crippen LogP contribution < -0.4 is 18.9 Å². The second kappa shape index (κ2) is 12.5. The van der Waals surface area contributed by atoms with Crippen molar-refractivity contribution in [2.75, 3.05) is 0 Å².